The third-order valence-electron chi connectivity index (χ3n) is 1.31. The summed E-state index contributed by atoms with van der Waals surface area (Å²) in [4.78, 5) is 20.4. The van der Waals surface area contributed by atoms with Gasteiger partial charge >= 0.3 is 0 Å². The van der Waals surface area contributed by atoms with Crippen molar-refractivity contribution in [2.24, 2.45) is 5.92 Å². The van der Waals surface area contributed by atoms with E-state index in [1.54, 1.807) is 6.92 Å². The van der Waals surface area contributed by atoms with Gasteiger partial charge in [0.15, 0.2) is 0 Å². The second-order valence-corrected chi connectivity index (χ2v) is 1.83. The number of carbonyl (C=O) groups is 2. The Morgan fingerprint density at radius 1 is 1.38 bits per heavy atom. The molecule has 1 aliphatic rings. The van der Waals surface area contributed by atoms with Gasteiger partial charge in [-0.3, -0.25) is 9.59 Å². The molecule has 0 N–H and O–H groups in total. The van der Waals surface area contributed by atoms with E-state index in [9.17, 15) is 9.59 Å². The Balaban J connectivity index is 0.000000490. The largest absolute Gasteiger partial charge is 0.298 e. The van der Waals surface area contributed by atoms with E-state index in [1.807, 2.05) is 0 Å². The molecule has 2 nitrogen and oxygen atoms in total. The molecule has 0 aromatic carbocycles. The molecule has 0 radical (unpaired) electrons. The second kappa shape index (κ2) is 2.07. The maximum absolute atomic E-state index is 10.2. The zero-order chi connectivity index (χ0) is 5.44. The molecule has 0 aliphatic heterocycles. The maximum Gasteiger partial charge on any atom is 0.150 e. The summed E-state index contributed by atoms with van der Waals surface area (Å²) in [6.07, 6.45) is 0.182. The van der Waals surface area contributed by atoms with Crippen molar-refractivity contribution in [3.05, 3.63) is 0 Å². The fraction of sp³-hybridized carbons (Fsp3) is 0.667. The lowest BCUT2D eigenvalue weighted by molar-refractivity contribution is -0.142. The average Bonchev–Trinajstić information content (AvgIpc) is 1.68. The van der Waals surface area contributed by atoms with Crippen LogP contribution in [-0.2, 0) is 9.59 Å². The Bertz CT molecular complexity index is 112. The van der Waals surface area contributed by atoms with Crippen molar-refractivity contribution in [2.45, 2.75) is 20.8 Å². The molecule has 1 fully saturated rings. The Morgan fingerprint density at radius 2 is 1.75 bits per heavy atom. The summed E-state index contributed by atoms with van der Waals surface area (Å²) in [7, 11) is 0. The minimum atomic E-state index is -0.278. The van der Waals surface area contributed by atoms with Crippen molar-refractivity contribution in [2.75, 3.05) is 0 Å². The Morgan fingerprint density at radius 3 is 1.75 bits per heavy atom. The minimum Gasteiger partial charge on any atom is -0.298 e. The van der Waals surface area contributed by atoms with Gasteiger partial charge in [0.1, 0.15) is 11.6 Å². The SMILES string of the molecule is C.CC1C(=O)CC1=O. The fourth-order valence-electron chi connectivity index (χ4n) is 0.526. The summed E-state index contributed by atoms with van der Waals surface area (Å²) in [6.45, 7) is 1.65. The molecule has 1 rings (SSSR count). The highest BCUT2D eigenvalue weighted by Gasteiger charge is 2.32. The zero-order valence-electron chi connectivity index (χ0n) is 4.10. The molecule has 0 atom stereocenters. The summed E-state index contributed by atoms with van der Waals surface area (Å²) in [6, 6.07) is 0. The Labute approximate surface area is 48.9 Å². The van der Waals surface area contributed by atoms with Crippen molar-refractivity contribution in [1.82, 2.24) is 0 Å². The number of hydrogen-bond donors (Lipinski definition) is 0. The van der Waals surface area contributed by atoms with Gasteiger partial charge < -0.3 is 0 Å². The Hall–Kier alpha value is -0.660. The highest BCUT2D eigenvalue weighted by molar-refractivity contribution is 6.20. The quantitative estimate of drug-likeness (QED) is 0.436. The van der Waals surface area contributed by atoms with E-state index < -0.39 is 0 Å². The number of hydrogen-bond acceptors (Lipinski definition) is 2. The molecule has 0 aromatic rings. The van der Waals surface area contributed by atoms with E-state index in [2.05, 4.69) is 0 Å². The summed E-state index contributed by atoms with van der Waals surface area (Å²) in [5.41, 5.74) is 0. The number of rotatable bonds is 0. The summed E-state index contributed by atoms with van der Waals surface area (Å²) in [5.74, 6) is -0.102. The van der Waals surface area contributed by atoms with Crippen molar-refractivity contribution in [3.8, 4) is 0 Å². The second-order valence-electron chi connectivity index (χ2n) is 1.83. The van der Waals surface area contributed by atoms with Gasteiger partial charge in [0.2, 0.25) is 0 Å². The van der Waals surface area contributed by atoms with E-state index in [-0.39, 0.29) is 31.3 Å². The monoisotopic (exact) mass is 114 g/mol. The van der Waals surface area contributed by atoms with Crippen LogP contribution in [0.1, 0.15) is 20.8 Å². The van der Waals surface area contributed by atoms with Gasteiger partial charge in [-0.15, -0.1) is 0 Å². The lowest BCUT2D eigenvalue weighted by atomic mass is 9.84. The maximum atomic E-state index is 10.2. The average molecular weight is 114 g/mol. The summed E-state index contributed by atoms with van der Waals surface area (Å²) >= 11 is 0. The van der Waals surface area contributed by atoms with Crippen LogP contribution in [0.15, 0.2) is 0 Å². The first kappa shape index (κ1) is 7.34. The summed E-state index contributed by atoms with van der Waals surface area (Å²) < 4.78 is 0. The normalized spacial score (nSPS) is 19.6. The van der Waals surface area contributed by atoms with Gasteiger partial charge in [-0.25, -0.2) is 0 Å². The van der Waals surface area contributed by atoms with E-state index in [1.165, 1.54) is 0 Å². The molecule has 2 heteroatoms. The van der Waals surface area contributed by atoms with Gasteiger partial charge in [0.25, 0.3) is 0 Å². The molecular weight excluding hydrogens is 104 g/mol. The first-order chi connectivity index (χ1) is 3.22. The van der Waals surface area contributed by atoms with Crippen LogP contribution in [0.25, 0.3) is 0 Å². The van der Waals surface area contributed by atoms with Crippen LogP contribution in [0.4, 0.5) is 0 Å². The molecule has 0 bridgehead atoms. The van der Waals surface area contributed by atoms with E-state index in [0.717, 1.165) is 0 Å². The fourth-order valence-corrected chi connectivity index (χ4v) is 0.526. The van der Waals surface area contributed by atoms with Gasteiger partial charge in [0.05, 0.1) is 12.3 Å². The number of Topliss-reactive ketones (excluding diaryl/α,β-unsaturated/α-hetero) is 2. The number of ketones is 2. The van der Waals surface area contributed by atoms with Gasteiger partial charge in [-0.05, 0) is 6.92 Å². The highest BCUT2D eigenvalue weighted by Crippen LogP contribution is 2.15. The van der Waals surface area contributed by atoms with Crippen molar-refractivity contribution < 1.29 is 9.59 Å². The molecular formula is C6H10O2. The molecule has 1 saturated carbocycles. The third-order valence-corrected chi connectivity index (χ3v) is 1.31. The lowest BCUT2D eigenvalue weighted by Gasteiger charge is -2.16. The lowest BCUT2D eigenvalue weighted by Crippen LogP contribution is -2.34. The smallest absolute Gasteiger partial charge is 0.150 e. The minimum absolute atomic E-state index is 0. The molecule has 0 heterocycles. The van der Waals surface area contributed by atoms with Crippen LogP contribution in [0, 0.1) is 5.92 Å². The standard InChI is InChI=1S/C5H6O2.CH4/c1-3-4(6)2-5(3)7;/h3H,2H2,1H3;1H4. The highest BCUT2D eigenvalue weighted by atomic mass is 16.2. The predicted molar refractivity (Wildman–Crippen MR) is 30.5 cm³/mol. The Kier molecular flexibility index (Phi) is 1.90. The van der Waals surface area contributed by atoms with Crippen LogP contribution in [-0.4, -0.2) is 11.6 Å². The van der Waals surface area contributed by atoms with Crippen LogP contribution in [0.5, 0.6) is 0 Å². The molecule has 1 aliphatic carbocycles. The summed E-state index contributed by atoms with van der Waals surface area (Å²) in [5, 5.41) is 0. The van der Waals surface area contributed by atoms with Crippen LogP contribution in [0.3, 0.4) is 0 Å². The molecule has 0 spiro atoms. The van der Waals surface area contributed by atoms with Crippen LogP contribution < -0.4 is 0 Å². The molecule has 46 valence electrons. The van der Waals surface area contributed by atoms with E-state index in [0.29, 0.717) is 0 Å². The first-order valence-corrected chi connectivity index (χ1v) is 2.27. The van der Waals surface area contributed by atoms with Crippen LogP contribution >= 0.6 is 0 Å². The molecule has 0 aromatic heterocycles. The van der Waals surface area contributed by atoms with Gasteiger partial charge in [0, 0.05) is 0 Å². The van der Waals surface area contributed by atoms with Crippen molar-refractivity contribution in [1.29, 1.82) is 0 Å². The zero-order valence-corrected chi connectivity index (χ0v) is 4.10. The topological polar surface area (TPSA) is 34.1 Å². The molecule has 8 heavy (non-hydrogen) atoms. The van der Waals surface area contributed by atoms with Crippen LogP contribution in [0.2, 0.25) is 0 Å². The van der Waals surface area contributed by atoms with Crippen molar-refractivity contribution >= 4 is 11.6 Å². The van der Waals surface area contributed by atoms with E-state index >= 15 is 0 Å². The predicted octanol–water partition coefficient (Wildman–Crippen LogP) is 0.800. The third kappa shape index (κ3) is 0.782. The van der Waals surface area contributed by atoms with E-state index in [4.69, 9.17) is 0 Å². The first-order valence-electron chi connectivity index (χ1n) is 2.27. The number of carbonyl (C=O) groups excluding carboxylic acids is 2. The molecule has 0 saturated heterocycles. The van der Waals surface area contributed by atoms with Gasteiger partial charge in [-0.2, -0.15) is 0 Å². The molecule has 0 amide bonds. The van der Waals surface area contributed by atoms with Gasteiger partial charge in [-0.1, -0.05) is 7.43 Å². The molecule has 0 unspecified atom stereocenters. The van der Waals surface area contributed by atoms with Crippen molar-refractivity contribution in [3.63, 3.8) is 0 Å².